The molecule has 2 aromatic rings. The molecular weight excluding hydrogens is 260 g/mol. The molecule has 0 saturated heterocycles. The highest BCUT2D eigenvalue weighted by Crippen LogP contribution is 2.44. The van der Waals surface area contributed by atoms with Crippen molar-refractivity contribution < 1.29 is 0 Å². The molecule has 0 radical (unpaired) electrons. The predicted molar refractivity (Wildman–Crippen MR) is 83.0 cm³/mol. The summed E-state index contributed by atoms with van der Waals surface area (Å²) in [5, 5.41) is 17.4. The van der Waals surface area contributed by atoms with Crippen LogP contribution in [-0.2, 0) is 5.41 Å². The first-order chi connectivity index (χ1) is 10.1. The first-order valence-corrected chi connectivity index (χ1v) is 7.40. The van der Waals surface area contributed by atoms with E-state index in [1.54, 1.807) is 0 Å². The quantitative estimate of drug-likeness (QED) is 0.932. The molecule has 0 atom stereocenters. The van der Waals surface area contributed by atoms with Gasteiger partial charge in [0.1, 0.15) is 0 Å². The van der Waals surface area contributed by atoms with Gasteiger partial charge < -0.3 is 5.32 Å². The van der Waals surface area contributed by atoms with Crippen LogP contribution in [0, 0.1) is 11.3 Å². The molecule has 0 spiro atoms. The molecule has 0 amide bonds. The standard InChI is InChI=1S/C17H20N4/c1-13(2)21-11-16(10-19-21)20-15-8-17(9-15,12-18)14-6-4-3-5-7-14/h3-7,10-11,13,15,20H,8-9H2,1-2H3. The average molecular weight is 280 g/mol. The predicted octanol–water partition coefficient (Wildman–Crippen LogP) is 3.50. The summed E-state index contributed by atoms with van der Waals surface area (Å²) in [5.74, 6) is 0. The number of nitrogens with one attached hydrogen (secondary N) is 1. The van der Waals surface area contributed by atoms with Gasteiger partial charge in [0, 0.05) is 18.3 Å². The van der Waals surface area contributed by atoms with Crippen LogP contribution in [-0.4, -0.2) is 15.8 Å². The summed E-state index contributed by atoms with van der Waals surface area (Å²) < 4.78 is 1.94. The van der Waals surface area contributed by atoms with E-state index in [0.29, 0.717) is 12.1 Å². The van der Waals surface area contributed by atoms with Crippen LogP contribution in [0.5, 0.6) is 0 Å². The molecule has 1 aromatic carbocycles. The Morgan fingerprint density at radius 1 is 1.33 bits per heavy atom. The Morgan fingerprint density at radius 3 is 2.62 bits per heavy atom. The second kappa shape index (κ2) is 5.25. The van der Waals surface area contributed by atoms with Crippen molar-refractivity contribution in [1.82, 2.24) is 9.78 Å². The zero-order valence-electron chi connectivity index (χ0n) is 12.5. The third kappa shape index (κ3) is 2.52. The van der Waals surface area contributed by atoms with Crippen LogP contribution in [0.1, 0.15) is 38.3 Å². The molecule has 4 heteroatoms. The molecule has 1 heterocycles. The van der Waals surface area contributed by atoms with Crippen LogP contribution in [0.15, 0.2) is 42.7 Å². The molecule has 21 heavy (non-hydrogen) atoms. The summed E-state index contributed by atoms with van der Waals surface area (Å²) >= 11 is 0. The summed E-state index contributed by atoms with van der Waals surface area (Å²) in [5.41, 5.74) is 1.84. The molecular formula is C17H20N4. The molecule has 1 aromatic heterocycles. The van der Waals surface area contributed by atoms with E-state index in [2.05, 4.69) is 42.5 Å². The minimum Gasteiger partial charge on any atom is -0.380 e. The van der Waals surface area contributed by atoms with Crippen molar-refractivity contribution >= 4 is 5.69 Å². The van der Waals surface area contributed by atoms with Gasteiger partial charge in [-0.05, 0) is 32.3 Å². The van der Waals surface area contributed by atoms with Gasteiger partial charge in [-0.2, -0.15) is 10.4 Å². The van der Waals surface area contributed by atoms with E-state index in [4.69, 9.17) is 0 Å². The Kier molecular flexibility index (Phi) is 3.42. The van der Waals surface area contributed by atoms with Crippen molar-refractivity contribution in [3.05, 3.63) is 48.3 Å². The van der Waals surface area contributed by atoms with Crippen molar-refractivity contribution in [3.8, 4) is 6.07 Å². The number of hydrogen-bond acceptors (Lipinski definition) is 3. The molecule has 1 aliphatic carbocycles. The van der Waals surface area contributed by atoms with Gasteiger partial charge in [0.05, 0.1) is 23.4 Å². The van der Waals surface area contributed by atoms with Gasteiger partial charge in [0.15, 0.2) is 0 Å². The van der Waals surface area contributed by atoms with Crippen LogP contribution in [0.4, 0.5) is 5.69 Å². The number of hydrogen-bond donors (Lipinski definition) is 1. The second-order valence-corrected chi connectivity index (χ2v) is 6.11. The van der Waals surface area contributed by atoms with Gasteiger partial charge in [-0.15, -0.1) is 0 Å². The van der Waals surface area contributed by atoms with Crippen molar-refractivity contribution in [2.75, 3.05) is 5.32 Å². The fourth-order valence-electron chi connectivity index (χ4n) is 2.96. The Bertz CT molecular complexity index is 645. The van der Waals surface area contributed by atoms with Crippen LogP contribution in [0.25, 0.3) is 0 Å². The van der Waals surface area contributed by atoms with E-state index >= 15 is 0 Å². The number of anilines is 1. The summed E-state index contributed by atoms with van der Waals surface area (Å²) in [7, 11) is 0. The number of nitrogens with zero attached hydrogens (tertiary/aromatic N) is 3. The Balaban J connectivity index is 1.66. The maximum absolute atomic E-state index is 9.56. The largest absolute Gasteiger partial charge is 0.380 e. The van der Waals surface area contributed by atoms with Gasteiger partial charge in [-0.3, -0.25) is 4.68 Å². The lowest BCUT2D eigenvalue weighted by Gasteiger charge is -2.43. The smallest absolute Gasteiger partial charge is 0.0861 e. The SMILES string of the molecule is CC(C)n1cc(NC2CC(C#N)(c3ccccc3)C2)cn1. The Morgan fingerprint density at radius 2 is 2.05 bits per heavy atom. The molecule has 108 valence electrons. The molecule has 1 N–H and O–H groups in total. The topological polar surface area (TPSA) is 53.6 Å². The van der Waals surface area contributed by atoms with Crippen LogP contribution < -0.4 is 5.32 Å². The fraction of sp³-hybridized carbons (Fsp3) is 0.412. The molecule has 4 nitrogen and oxygen atoms in total. The third-order valence-corrected chi connectivity index (χ3v) is 4.23. The van der Waals surface area contributed by atoms with E-state index in [9.17, 15) is 5.26 Å². The first kappa shape index (κ1) is 13.7. The van der Waals surface area contributed by atoms with E-state index in [1.807, 2.05) is 35.3 Å². The first-order valence-electron chi connectivity index (χ1n) is 7.40. The highest BCUT2D eigenvalue weighted by Gasteiger charge is 2.46. The summed E-state index contributed by atoms with van der Waals surface area (Å²) in [6, 6.07) is 13.3. The lowest BCUT2D eigenvalue weighted by molar-refractivity contribution is 0.289. The maximum Gasteiger partial charge on any atom is 0.0861 e. The molecule has 1 fully saturated rings. The van der Waals surface area contributed by atoms with Crippen LogP contribution in [0.3, 0.4) is 0 Å². The highest BCUT2D eigenvalue weighted by atomic mass is 15.3. The number of nitriles is 1. The van der Waals surface area contributed by atoms with E-state index in [-0.39, 0.29) is 5.41 Å². The van der Waals surface area contributed by atoms with Gasteiger partial charge in [-0.1, -0.05) is 30.3 Å². The zero-order valence-corrected chi connectivity index (χ0v) is 12.5. The van der Waals surface area contributed by atoms with Crippen molar-refractivity contribution in [2.24, 2.45) is 0 Å². The third-order valence-electron chi connectivity index (χ3n) is 4.23. The zero-order chi connectivity index (χ0) is 14.9. The Hall–Kier alpha value is -2.28. The van der Waals surface area contributed by atoms with Gasteiger partial charge in [0.25, 0.3) is 0 Å². The minimum atomic E-state index is -0.326. The number of rotatable bonds is 4. The minimum absolute atomic E-state index is 0.326. The van der Waals surface area contributed by atoms with Crippen molar-refractivity contribution in [1.29, 1.82) is 5.26 Å². The van der Waals surface area contributed by atoms with Crippen LogP contribution >= 0.6 is 0 Å². The van der Waals surface area contributed by atoms with E-state index < -0.39 is 0 Å². The van der Waals surface area contributed by atoms with Crippen LogP contribution in [0.2, 0.25) is 0 Å². The molecule has 3 rings (SSSR count). The maximum atomic E-state index is 9.56. The van der Waals surface area contributed by atoms with Gasteiger partial charge >= 0.3 is 0 Å². The lowest BCUT2D eigenvalue weighted by Crippen LogP contribution is -2.47. The Labute approximate surface area is 125 Å². The average Bonchev–Trinajstić information content (AvgIpc) is 2.92. The highest BCUT2D eigenvalue weighted by molar-refractivity contribution is 5.45. The summed E-state index contributed by atoms with van der Waals surface area (Å²) in [6.07, 6.45) is 5.58. The van der Waals surface area contributed by atoms with Crippen molar-refractivity contribution in [3.63, 3.8) is 0 Å². The van der Waals surface area contributed by atoms with Gasteiger partial charge in [-0.25, -0.2) is 0 Å². The normalized spacial score (nSPS) is 24.4. The monoisotopic (exact) mass is 280 g/mol. The van der Waals surface area contributed by atoms with Crippen molar-refractivity contribution in [2.45, 2.75) is 44.2 Å². The fourth-order valence-corrected chi connectivity index (χ4v) is 2.96. The van der Waals surface area contributed by atoms with Gasteiger partial charge in [0.2, 0.25) is 0 Å². The molecule has 0 bridgehead atoms. The molecule has 0 aliphatic heterocycles. The molecule has 1 saturated carbocycles. The summed E-state index contributed by atoms with van der Waals surface area (Å²) in [4.78, 5) is 0. The summed E-state index contributed by atoms with van der Waals surface area (Å²) in [6.45, 7) is 4.21. The van der Waals surface area contributed by atoms with E-state index in [1.165, 1.54) is 0 Å². The van der Waals surface area contributed by atoms with E-state index in [0.717, 1.165) is 24.1 Å². The molecule has 1 aliphatic rings. The lowest BCUT2D eigenvalue weighted by atomic mass is 9.62. The number of benzene rings is 1. The molecule has 0 unspecified atom stereocenters. The second-order valence-electron chi connectivity index (χ2n) is 6.11. The number of aromatic nitrogens is 2.